The van der Waals surface area contributed by atoms with Crippen molar-refractivity contribution < 1.29 is 0 Å². The van der Waals surface area contributed by atoms with Gasteiger partial charge in [-0.05, 0) is 37.1 Å². The first-order valence-electron chi connectivity index (χ1n) is 5.51. The Morgan fingerprint density at radius 2 is 2.00 bits per heavy atom. The molecule has 0 saturated carbocycles. The third-order valence-corrected chi connectivity index (χ3v) is 2.75. The molecule has 16 heavy (non-hydrogen) atoms. The zero-order valence-corrected chi connectivity index (χ0v) is 9.70. The minimum Gasteiger partial charge on any atom is -0.399 e. The summed E-state index contributed by atoms with van der Waals surface area (Å²) >= 11 is 0. The van der Waals surface area contributed by atoms with Crippen molar-refractivity contribution in [3.05, 3.63) is 47.3 Å². The molecule has 0 amide bonds. The third-order valence-electron chi connectivity index (χ3n) is 2.75. The fourth-order valence-corrected chi connectivity index (χ4v) is 1.80. The van der Waals surface area contributed by atoms with Gasteiger partial charge in [0.2, 0.25) is 0 Å². The van der Waals surface area contributed by atoms with Crippen LogP contribution in [0.25, 0.3) is 0 Å². The van der Waals surface area contributed by atoms with E-state index >= 15 is 0 Å². The Bertz CT molecular complexity index is 456. The topological polar surface area (TPSA) is 54.7 Å². The summed E-state index contributed by atoms with van der Waals surface area (Å²) in [5.74, 6) is 0.425. The largest absolute Gasteiger partial charge is 0.399 e. The lowest BCUT2D eigenvalue weighted by molar-refractivity contribution is 0.725. The van der Waals surface area contributed by atoms with Gasteiger partial charge in [0.15, 0.2) is 0 Å². The number of hydrogen-bond donors (Lipinski definition) is 2. The monoisotopic (exact) mass is 215 g/mol. The molecule has 2 aromatic rings. The van der Waals surface area contributed by atoms with Crippen molar-refractivity contribution in [2.75, 3.05) is 5.73 Å². The van der Waals surface area contributed by atoms with Crippen LogP contribution in [-0.4, -0.2) is 10.2 Å². The van der Waals surface area contributed by atoms with Crippen LogP contribution in [0.15, 0.2) is 30.3 Å². The van der Waals surface area contributed by atoms with Gasteiger partial charge in [-0.3, -0.25) is 5.10 Å². The smallest absolute Gasteiger partial charge is 0.0656 e. The Kier molecular flexibility index (Phi) is 2.95. The summed E-state index contributed by atoms with van der Waals surface area (Å²) < 4.78 is 0. The van der Waals surface area contributed by atoms with Crippen molar-refractivity contribution >= 4 is 5.69 Å². The number of aromatic amines is 1. The second-order valence-electron chi connectivity index (χ2n) is 4.32. The summed E-state index contributed by atoms with van der Waals surface area (Å²) in [4.78, 5) is 0. The van der Waals surface area contributed by atoms with Gasteiger partial charge in [-0.2, -0.15) is 5.10 Å². The SMILES string of the molecule is Cc1cc(C(C)Cc2ccc(N)cc2)n[nH]1. The van der Waals surface area contributed by atoms with Gasteiger partial charge >= 0.3 is 0 Å². The Morgan fingerprint density at radius 3 is 2.56 bits per heavy atom. The molecule has 0 aliphatic heterocycles. The van der Waals surface area contributed by atoms with Crippen molar-refractivity contribution in [1.82, 2.24) is 10.2 Å². The number of nitrogens with zero attached hydrogens (tertiary/aromatic N) is 1. The van der Waals surface area contributed by atoms with Crippen LogP contribution in [0.1, 0.15) is 29.8 Å². The van der Waals surface area contributed by atoms with E-state index in [0.29, 0.717) is 5.92 Å². The first kappa shape index (κ1) is 10.7. The molecule has 3 heteroatoms. The summed E-state index contributed by atoms with van der Waals surface area (Å²) in [5, 5.41) is 7.25. The molecule has 0 saturated heterocycles. The number of nitrogen functional groups attached to an aromatic ring is 1. The van der Waals surface area contributed by atoms with Gasteiger partial charge in [0, 0.05) is 17.3 Å². The molecule has 0 fully saturated rings. The Labute approximate surface area is 95.7 Å². The number of hydrogen-bond acceptors (Lipinski definition) is 2. The van der Waals surface area contributed by atoms with E-state index in [-0.39, 0.29) is 0 Å². The first-order chi connectivity index (χ1) is 7.65. The second-order valence-corrected chi connectivity index (χ2v) is 4.32. The van der Waals surface area contributed by atoms with Gasteiger partial charge in [0.05, 0.1) is 5.69 Å². The van der Waals surface area contributed by atoms with E-state index < -0.39 is 0 Å². The average Bonchev–Trinajstić information content (AvgIpc) is 2.68. The lowest BCUT2D eigenvalue weighted by Crippen LogP contribution is -1.99. The molecule has 0 aliphatic rings. The van der Waals surface area contributed by atoms with Crippen LogP contribution in [0, 0.1) is 6.92 Å². The van der Waals surface area contributed by atoms with E-state index in [2.05, 4.69) is 35.3 Å². The van der Waals surface area contributed by atoms with Crippen molar-refractivity contribution in [3.63, 3.8) is 0 Å². The number of nitrogens with two attached hydrogens (primary N) is 1. The van der Waals surface area contributed by atoms with E-state index in [9.17, 15) is 0 Å². The Balaban J connectivity index is 2.07. The number of H-pyrrole nitrogens is 1. The molecule has 1 atom stereocenters. The molecular weight excluding hydrogens is 198 g/mol. The van der Waals surface area contributed by atoms with Crippen molar-refractivity contribution in [2.45, 2.75) is 26.2 Å². The molecule has 1 aromatic carbocycles. The Morgan fingerprint density at radius 1 is 1.31 bits per heavy atom. The van der Waals surface area contributed by atoms with E-state index in [1.165, 1.54) is 5.56 Å². The fourth-order valence-electron chi connectivity index (χ4n) is 1.80. The molecule has 3 N–H and O–H groups in total. The van der Waals surface area contributed by atoms with Crippen LogP contribution < -0.4 is 5.73 Å². The number of aromatic nitrogens is 2. The summed E-state index contributed by atoms with van der Waals surface area (Å²) in [6, 6.07) is 10.1. The maximum absolute atomic E-state index is 5.65. The number of benzene rings is 1. The maximum atomic E-state index is 5.65. The van der Waals surface area contributed by atoms with Crippen LogP contribution in [-0.2, 0) is 6.42 Å². The van der Waals surface area contributed by atoms with Crippen molar-refractivity contribution in [3.8, 4) is 0 Å². The van der Waals surface area contributed by atoms with Gasteiger partial charge in [0.25, 0.3) is 0 Å². The third kappa shape index (κ3) is 2.42. The van der Waals surface area contributed by atoms with Crippen LogP contribution >= 0.6 is 0 Å². The lowest BCUT2D eigenvalue weighted by Gasteiger charge is -2.08. The highest BCUT2D eigenvalue weighted by Gasteiger charge is 2.09. The van der Waals surface area contributed by atoms with E-state index in [1.807, 2.05) is 19.1 Å². The molecular formula is C13H17N3. The van der Waals surface area contributed by atoms with Crippen molar-refractivity contribution in [1.29, 1.82) is 0 Å². The Hall–Kier alpha value is -1.77. The molecule has 1 heterocycles. The predicted molar refractivity (Wildman–Crippen MR) is 66.3 cm³/mol. The minimum atomic E-state index is 0.425. The van der Waals surface area contributed by atoms with Gasteiger partial charge in [-0.25, -0.2) is 0 Å². The molecule has 0 bridgehead atoms. The summed E-state index contributed by atoms with van der Waals surface area (Å²) in [6.45, 7) is 4.21. The normalized spacial score (nSPS) is 12.6. The van der Waals surface area contributed by atoms with Gasteiger partial charge in [-0.1, -0.05) is 19.1 Å². The van der Waals surface area contributed by atoms with Gasteiger partial charge in [-0.15, -0.1) is 0 Å². The number of aryl methyl sites for hydroxylation is 1. The minimum absolute atomic E-state index is 0.425. The van der Waals surface area contributed by atoms with E-state index in [1.54, 1.807) is 0 Å². The predicted octanol–water partition coefficient (Wildman–Crippen LogP) is 2.65. The fraction of sp³-hybridized carbons (Fsp3) is 0.308. The number of rotatable bonds is 3. The lowest BCUT2D eigenvalue weighted by atomic mass is 9.98. The number of anilines is 1. The van der Waals surface area contributed by atoms with Crippen molar-refractivity contribution in [2.24, 2.45) is 0 Å². The standard InChI is InChI=1S/C13H17N3/c1-9(13-8-10(2)15-16-13)7-11-3-5-12(14)6-4-11/h3-6,8-9H,7,14H2,1-2H3,(H,15,16). The molecule has 1 aromatic heterocycles. The zero-order valence-electron chi connectivity index (χ0n) is 9.70. The molecule has 0 aliphatic carbocycles. The van der Waals surface area contributed by atoms with Crippen LogP contribution in [0.5, 0.6) is 0 Å². The second kappa shape index (κ2) is 4.39. The van der Waals surface area contributed by atoms with E-state index in [4.69, 9.17) is 5.73 Å². The highest BCUT2D eigenvalue weighted by molar-refractivity contribution is 5.39. The maximum Gasteiger partial charge on any atom is 0.0656 e. The van der Waals surface area contributed by atoms with Gasteiger partial charge in [0.1, 0.15) is 0 Å². The molecule has 2 rings (SSSR count). The molecule has 0 spiro atoms. The van der Waals surface area contributed by atoms with Crippen LogP contribution in [0.2, 0.25) is 0 Å². The van der Waals surface area contributed by atoms with Crippen LogP contribution in [0.3, 0.4) is 0 Å². The molecule has 0 radical (unpaired) electrons. The molecule has 3 nitrogen and oxygen atoms in total. The summed E-state index contributed by atoms with van der Waals surface area (Å²) in [5.41, 5.74) is 9.99. The quantitative estimate of drug-likeness (QED) is 0.773. The number of nitrogens with one attached hydrogen (secondary N) is 1. The highest BCUT2D eigenvalue weighted by Crippen LogP contribution is 2.19. The molecule has 84 valence electrons. The zero-order chi connectivity index (χ0) is 11.5. The summed E-state index contributed by atoms with van der Waals surface area (Å²) in [6.07, 6.45) is 0.991. The summed E-state index contributed by atoms with van der Waals surface area (Å²) in [7, 11) is 0. The highest BCUT2D eigenvalue weighted by atomic mass is 15.1. The average molecular weight is 215 g/mol. The van der Waals surface area contributed by atoms with Crippen LogP contribution in [0.4, 0.5) is 5.69 Å². The molecule has 1 unspecified atom stereocenters. The van der Waals surface area contributed by atoms with Gasteiger partial charge < -0.3 is 5.73 Å². The first-order valence-corrected chi connectivity index (χ1v) is 5.51. The van der Waals surface area contributed by atoms with E-state index in [0.717, 1.165) is 23.5 Å².